The van der Waals surface area contributed by atoms with Crippen LogP contribution in [0.15, 0.2) is 18.2 Å². The summed E-state index contributed by atoms with van der Waals surface area (Å²) in [6.07, 6.45) is 1.82. The zero-order valence-electron chi connectivity index (χ0n) is 11.2. The van der Waals surface area contributed by atoms with Crippen LogP contribution in [0.4, 0.5) is 5.69 Å². The van der Waals surface area contributed by atoms with E-state index in [4.69, 9.17) is 4.74 Å². The molecule has 1 aliphatic rings. The quantitative estimate of drug-likeness (QED) is 0.810. The maximum absolute atomic E-state index is 12.0. The zero-order chi connectivity index (χ0) is 13.8. The first kappa shape index (κ1) is 13.5. The lowest BCUT2D eigenvalue weighted by Gasteiger charge is -2.14. The van der Waals surface area contributed by atoms with Crippen molar-refractivity contribution in [2.75, 3.05) is 19.0 Å². The van der Waals surface area contributed by atoms with Crippen molar-refractivity contribution in [3.63, 3.8) is 0 Å². The van der Waals surface area contributed by atoms with Gasteiger partial charge in [-0.1, -0.05) is 11.6 Å². The molecule has 5 heteroatoms. The summed E-state index contributed by atoms with van der Waals surface area (Å²) in [7, 11) is 1.33. The highest BCUT2D eigenvalue weighted by molar-refractivity contribution is 6.02. The minimum absolute atomic E-state index is 0.105. The number of benzene rings is 1. The van der Waals surface area contributed by atoms with Crippen LogP contribution in [-0.2, 0) is 9.53 Å². The molecule has 0 aromatic heterocycles. The summed E-state index contributed by atoms with van der Waals surface area (Å²) in [5, 5.41) is 5.92. The standard InChI is InChI=1S/C14H18N2O3/c1-9-5-6-11(10(8-9)14(18)19-2)16-13(17)12-4-3-7-15-12/h5-6,8,12,15H,3-4,7H2,1-2H3,(H,16,17)/t12-/m0/s1. The number of nitrogens with one attached hydrogen (secondary N) is 2. The normalized spacial score (nSPS) is 18.1. The van der Waals surface area contributed by atoms with Crippen LogP contribution >= 0.6 is 0 Å². The van der Waals surface area contributed by atoms with Gasteiger partial charge in [0.2, 0.25) is 5.91 Å². The Labute approximate surface area is 112 Å². The number of aryl methyl sites for hydroxylation is 1. The number of hydrogen-bond acceptors (Lipinski definition) is 4. The van der Waals surface area contributed by atoms with Crippen LogP contribution in [0.25, 0.3) is 0 Å². The first-order valence-corrected chi connectivity index (χ1v) is 6.35. The van der Waals surface area contributed by atoms with E-state index in [-0.39, 0.29) is 11.9 Å². The van der Waals surface area contributed by atoms with Crippen molar-refractivity contribution in [1.29, 1.82) is 0 Å². The number of carbonyl (C=O) groups is 2. The molecule has 5 nitrogen and oxygen atoms in total. The number of anilines is 1. The zero-order valence-corrected chi connectivity index (χ0v) is 11.2. The molecule has 1 heterocycles. The fraction of sp³-hybridized carbons (Fsp3) is 0.429. The van der Waals surface area contributed by atoms with E-state index < -0.39 is 5.97 Å². The first-order valence-electron chi connectivity index (χ1n) is 6.35. The van der Waals surface area contributed by atoms with Gasteiger partial charge in [-0.25, -0.2) is 4.79 Å². The molecule has 1 saturated heterocycles. The fourth-order valence-electron chi connectivity index (χ4n) is 2.17. The Morgan fingerprint density at radius 3 is 2.84 bits per heavy atom. The molecule has 1 fully saturated rings. The third-order valence-corrected chi connectivity index (χ3v) is 3.22. The van der Waals surface area contributed by atoms with Gasteiger partial charge in [0.25, 0.3) is 0 Å². The van der Waals surface area contributed by atoms with Gasteiger partial charge in [-0.05, 0) is 38.4 Å². The summed E-state index contributed by atoms with van der Waals surface area (Å²) in [6, 6.07) is 5.12. The van der Waals surface area contributed by atoms with Crippen LogP contribution in [0.5, 0.6) is 0 Å². The number of carbonyl (C=O) groups excluding carboxylic acids is 2. The molecule has 0 aliphatic carbocycles. The summed E-state index contributed by atoms with van der Waals surface area (Å²) in [6.45, 7) is 2.74. The van der Waals surface area contributed by atoms with Gasteiger partial charge in [0, 0.05) is 0 Å². The van der Waals surface area contributed by atoms with E-state index in [0.717, 1.165) is 24.9 Å². The van der Waals surface area contributed by atoms with E-state index in [1.807, 2.05) is 13.0 Å². The molecule has 0 bridgehead atoms. The van der Waals surface area contributed by atoms with E-state index in [9.17, 15) is 9.59 Å². The fourth-order valence-corrected chi connectivity index (χ4v) is 2.17. The molecule has 102 valence electrons. The lowest BCUT2D eigenvalue weighted by molar-refractivity contribution is -0.117. The van der Waals surface area contributed by atoms with Crippen LogP contribution in [0.1, 0.15) is 28.8 Å². The highest BCUT2D eigenvalue weighted by atomic mass is 16.5. The number of methoxy groups -OCH3 is 1. The average Bonchev–Trinajstić information content (AvgIpc) is 2.94. The minimum atomic E-state index is -0.446. The largest absolute Gasteiger partial charge is 0.465 e. The van der Waals surface area contributed by atoms with E-state index in [0.29, 0.717) is 11.3 Å². The van der Waals surface area contributed by atoms with Crippen molar-refractivity contribution in [2.45, 2.75) is 25.8 Å². The van der Waals surface area contributed by atoms with E-state index in [2.05, 4.69) is 10.6 Å². The molecule has 1 aromatic rings. The monoisotopic (exact) mass is 262 g/mol. The van der Waals surface area contributed by atoms with Crippen LogP contribution in [0.3, 0.4) is 0 Å². The second-order valence-electron chi connectivity index (χ2n) is 4.68. The second-order valence-corrected chi connectivity index (χ2v) is 4.68. The predicted molar refractivity (Wildman–Crippen MR) is 72.2 cm³/mol. The Balaban J connectivity index is 2.19. The highest BCUT2D eigenvalue weighted by Crippen LogP contribution is 2.19. The maximum Gasteiger partial charge on any atom is 0.339 e. The number of amides is 1. The molecule has 1 atom stereocenters. The molecule has 0 radical (unpaired) electrons. The Hall–Kier alpha value is -1.88. The van der Waals surface area contributed by atoms with Gasteiger partial charge in [-0.2, -0.15) is 0 Å². The topological polar surface area (TPSA) is 67.4 Å². The van der Waals surface area contributed by atoms with Gasteiger partial charge in [-0.15, -0.1) is 0 Å². The summed E-state index contributed by atoms with van der Waals surface area (Å²) in [5.74, 6) is -0.551. The molecule has 1 aliphatic heterocycles. The van der Waals surface area contributed by atoms with Gasteiger partial charge < -0.3 is 15.4 Å². The number of hydrogen-bond donors (Lipinski definition) is 2. The second kappa shape index (κ2) is 5.84. The molecule has 19 heavy (non-hydrogen) atoms. The maximum atomic E-state index is 12.0. The van der Waals surface area contributed by atoms with Crippen molar-refractivity contribution in [3.05, 3.63) is 29.3 Å². The SMILES string of the molecule is COC(=O)c1cc(C)ccc1NC(=O)[C@@H]1CCCN1. The summed E-state index contributed by atoms with van der Waals surface area (Å²) in [5.41, 5.74) is 1.82. The number of esters is 1. The van der Waals surface area contributed by atoms with Gasteiger partial charge in [0.05, 0.1) is 24.4 Å². The molecule has 0 unspecified atom stereocenters. The van der Waals surface area contributed by atoms with Crippen molar-refractivity contribution in [1.82, 2.24) is 5.32 Å². The van der Waals surface area contributed by atoms with Crippen LogP contribution < -0.4 is 10.6 Å². The van der Waals surface area contributed by atoms with Crippen LogP contribution in [-0.4, -0.2) is 31.6 Å². The lowest BCUT2D eigenvalue weighted by Crippen LogP contribution is -2.35. The lowest BCUT2D eigenvalue weighted by atomic mass is 10.1. The number of ether oxygens (including phenoxy) is 1. The van der Waals surface area contributed by atoms with E-state index >= 15 is 0 Å². The summed E-state index contributed by atoms with van der Waals surface area (Å²) >= 11 is 0. The molecule has 2 N–H and O–H groups in total. The molecule has 1 aromatic carbocycles. The van der Waals surface area contributed by atoms with Gasteiger partial charge in [0.15, 0.2) is 0 Å². The molecule has 1 amide bonds. The third kappa shape index (κ3) is 3.12. The van der Waals surface area contributed by atoms with Crippen LogP contribution in [0.2, 0.25) is 0 Å². The summed E-state index contributed by atoms with van der Waals surface area (Å²) < 4.78 is 4.73. The molecule has 0 spiro atoms. The molecule has 0 saturated carbocycles. The van der Waals surface area contributed by atoms with Crippen LogP contribution in [0, 0.1) is 6.92 Å². The van der Waals surface area contributed by atoms with Crippen molar-refractivity contribution in [2.24, 2.45) is 0 Å². The van der Waals surface area contributed by atoms with Gasteiger partial charge >= 0.3 is 5.97 Å². The van der Waals surface area contributed by atoms with Crippen molar-refractivity contribution >= 4 is 17.6 Å². The smallest absolute Gasteiger partial charge is 0.339 e. The number of rotatable bonds is 3. The van der Waals surface area contributed by atoms with Crippen molar-refractivity contribution in [3.8, 4) is 0 Å². The molecular formula is C14H18N2O3. The van der Waals surface area contributed by atoms with E-state index in [1.54, 1.807) is 12.1 Å². The third-order valence-electron chi connectivity index (χ3n) is 3.22. The average molecular weight is 262 g/mol. The Kier molecular flexibility index (Phi) is 4.16. The Morgan fingerprint density at radius 1 is 1.42 bits per heavy atom. The predicted octanol–water partition coefficient (Wildman–Crippen LogP) is 1.47. The van der Waals surface area contributed by atoms with E-state index in [1.165, 1.54) is 7.11 Å². The summed E-state index contributed by atoms with van der Waals surface area (Å²) in [4.78, 5) is 23.7. The van der Waals surface area contributed by atoms with Gasteiger partial charge in [0.1, 0.15) is 0 Å². The Morgan fingerprint density at radius 2 is 2.21 bits per heavy atom. The Bertz CT molecular complexity index is 493. The van der Waals surface area contributed by atoms with Crippen molar-refractivity contribution < 1.29 is 14.3 Å². The minimum Gasteiger partial charge on any atom is -0.465 e. The molecular weight excluding hydrogens is 244 g/mol. The first-order chi connectivity index (χ1) is 9.11. The highest BCUT2D eigenvalue weighted by Gasteiger charge is 2.23. The molecule has 2 rings (SSSR count). The van der Waals surface area contributed by atoms with Gasteiger partial charge in [-0.3, -0.25) is 4.79 Å².